The van der Waals surface area contributed by atoms with E-state index in [2.05, 4.69) is 5.32 Å². The normalized spacial score (nSPS) is 11.0. The maximum Gasteiger partial charge on any atom is 0.318 e. The molecular weight excluding hydrogens is 526 g/mol. The maximum atomic E-state index is 12.9. The van der Waals surface area contributed by atoms with Gasteiger partial charge in [-0.15, -0.1) is 0 Å². The fourth-order valence-corrected chi connectivity index (χ4v) is 4.42. The summed E-state index contributed by atoms with van der Waals surface area (Å²) in [5.74, 6) is -0.341. The highest BCUT2D eigenvalue weighted by atomic mass is 16.6. The minimum absolute atomic E-state index is 0.0429. The van der Waals surface area contributed by atoms with Gasteiger partial charge >= 0.3 is 5.69 Å². The first-order valence-corrected chi connectivity index (χ1v) is 12.4. The summed E-state index contributed by atoms with van der Waals surface area (Å²) in [5, 5.41) is 34.9. The van der Waals surface area contributed by atoms with Crippen LogP contribution in [-0.4, -0.2) is 20.3 Å². The maximum absolute atomic E-state index is 12.9. The van der Waals surface area contributed by atoms with Gasteiger partial charge in [0.25, 0.3) is 11.6 Å². The first-order chi connectivity index (χ1) is 19.5. The van der Waals surface area contributed by atoms with Crippen LogP contribution >= 0.6 is 0 Å². The van der Waals surface area contributed by atoms with Crippen molar-refractivity contribution in [3.05, 3.63) is 121 Å². The molecule has 1 aromatic heterocycles. The Morgan fingerprint density at radius 3 is 2.27 bits per heavy atom. The van der Waals surface area contributed by atoms with E-state index in [9.17, 15) is 30.3 Å². The van der Waals surface area contributed by atoms with E-state index in [-0.39, 0.29) is 11.3 Å². The van der Waals surface area contributed by atoms with Crippen molar-refractivity contribution >= 4 is 29.0 Å². The van der Waals surface area contributed by atoms with Gasteiger partial charge in [-0.2, -0.15) is 5.26 Å². The first-order valence-electron chi connectivity index (χ1n) is 12.4. The molecule has 11 heteroatoms. The van der Waals surface area contributed by atoms with Gasteiger partial charge in [-0.3, -0.25) is 25.0 Å². The van der Waals surface area contributed by atoms with Gasteiger partial charge in [-0.1, -0.05) is 17.7 Å². The molecule has 0 unspecified atom stereocenters. The number of aryl methyl sites for hydroxylation is 3. The lowest BCUT2D eigenvalue weighted by molar-refractivity contribution is -0.394. The lowest BCUT2D eigenvalue weighted by atomic mass is 10.1. The molecule has 0 bridgehead atoms. The molecule has 0 aliphatic carbocycles. The van der Waals surface area contributed by atoms with Gasteiger partial charge < -0.3 is 14.6 Å². The molecule has 3 aromatic carbocycles. The largest absolute Gasteiger partial charge is 0.450 e. The van der Waals surface area contributed by atoms with E-state index in [0.717, 1.165) is 40.3 Å². The fourth-order valence-electron chi connectivity index (χ4n) is 4.42. The van der Waals surface area contributed by atoms with Crippen LogP contribution in [0.3, 0.4) is 0 Å². The van der Waals surface area contributed by atoms with Crippen molar-refractivity contribution in [1.82, 2.24) is 4.57 Å². The Hall–Kier alpha value is -5.76. The molecule has 0 atom stereocenters. The highest BCUT2D eigenvalue weighted by molar-refractivity contribution is 6.10. The third kappa shape index (κ3) is 6.12. The summed E-state index contributed by atoms with van der Waals surface area (Å²) < 4.78 is 7.59. The lowest BCUT2D eigenvalue weighted by Crippen LogP contribution is -2.14. The van der Waals surface area contributed by atoms with Crippen LogP contribution in [0.2, 0.25) is 0 Å². The molecule has 4 aromatic rings. The monoisotopic (exact) mass is 551 g/mol. The second kappa shape index (κ2) is 11.5. The van der Waals surface area contributed by atoms with Gasteiger partial charge in [-0.05, 0) is 87.4 Å². The van der Waals surface area contributed by atoms with Crippen molar-refractivity contribution in [3.8, 4) is 23.3 Å². The summed E-state index contributed by atoms with van der Waals surface area (Å²) in [4.78, 5) is 33.8. The van der Waals surface area contributed by atoms with E-state index in [4.69, 9.17) is 4.74 Å². The van der Waals surface area contributed by atoms with Crippen molar-refractivity contribution in [3.63, 3.8) is 0 Å². The van der Waals surface area contributed by atoms with E-state index in [1.807, 2.05) is 56.5 Å². The number of nitrogens with one attached hydrogen (secondary N) is 1. The van der Waals surface area contributed by atoms with Crippen LogP contribution < -0.4 is 10.1 Å². The van der Waals surface area contributed by atoms with Crippen molar-refractivity contribution < 1.29 is 19.4 Å². The fraction of sp³-hybridized carbons (Fsp3) is 0.133. The van der Waals surface area contributed by atoms with Crippen LogP contribution in [0.5, 0.6) is 11.5 Å². The molecular formula is C30H25N5O6. The molecule has 206 valence electrons. The number of hydrogen-bond acceptors (Lipinski definition) is 7. The van der Waals surface area contributed by atoms with Crippen LogP contribution in [-0.2, 0) is 4.79 Å². The number of benzene rings is 3. The highest BCUT2D eigenvalue weighted by Gasteiger charge is 2.21. The van der Waals surface area contributed by atoms with Crippen LogP contribution in [0.25, 0.3) is 11.8 Å². The zero-order chi connectivity index (χ0) is 29.8. The number of aromatic nitrogens is 1. The minimum atomic E-state index is -0.740. The summed E-state index contributed by atoms with van der Waals surface area (Å²) in [6.07, 6.45) is 1.54. The Balaban J connectivity index is 1.58. The third-order valence-electron chi connectivity index (χ3n) is 6.44. The molecule has 0 aliphatic heterocycles. The van der Waals surface area contributed by atoms with Crippen LogP contribution in [0, 0.1) is 59.3 Å². The third-order valence-corrected chi connectivity index (χ3v) is 6.44. The Labute approximate surface area is 235 Å². The molecule has 0 fully saturated rings. The summed E-state index contributed by atoms with van der Waals surface area (Å²) >= 11 is 0. The van der Waals surface area contributed by atoms with Crippen LogP contribution in [0.15, 0.2) is 72.3 Å². The van der Waals surface area contributed by atoms with E-state index in [1.54, 1.807) is 36.4 Å². The molecule has 0 saturated heterocycles. The average Bonchev–Trinajstić information content (AvgIpc) is 3.21. The number of rotatable bonds is 8. The zero-order valence-electron chi connectivity index (χ0n) is 22.7. The molecule has 41 heavy (non-hydrogen) atoms. The second-order valence-corrected chi connectivity index (χ2v) is 9.37. The van der Waals surface area contributed by atoms with E-state index in [0.29, 0.717) is 17.0 Å². The number of amides is 1. The Morgan fingerprint density at radius 2 is 1.66 bits per heavy atom. The van der Waals surface area contributed by atoms with Crippen molar-refractivity contribution in [2.75, 3.05) is 5.32 Å². The predicted octanol–water partition coefficient (Wildman–Crippen LogP) is 6.87. The van der Waals surface area contributed by atoms with Gasteiger partial charge in [0.15, 0.2) is 0 Å². The van der Waals surface area contributed by atoms with E-state index >= 15 is 0 Å². The number of ether oxygens (including phenoxy) is 1. The Kier molecular flexibility index (Phi) is 7.96. The quantitative estimate of drug-likeness (QED) is 0.108. The number of nitrogens with zero attached hydrogens (tertiary/aromatic N) is 4. The van der Waals surface area contributed by atoms with Gasteiger partial charge in [0.2, 0.25) is 5.75 Å². The number of anilines is 1. The number of carbonyl (C=O) groups is 1. The minimum Gasteiger partial charge on any atom is -0.450 e. The molecule has 1 amide bonds. The molecule has 0 spiro atoms. The number of hydrogen-bond donors (Lipinski definition) is 1. The van der Waals surface area contributed by atoms with Gasteiger partial charge in [0.05, 0.1) is 15.9 Å². The first kappa shape index (κ1) is 28.3. The Bertz CT molecular complexity index is 1760. The number of non-ortho nitro benzene ring substituents is 1. The molecule has 0 saturated carbocycles. The summed E-state index contributed by atoms with van der Waals surface area (Å²) in [7, 11) is 0. The summed E-state index contributed by atoms with van der Waals surface area (Å²) in [6.45, 7) is 7.59. The average molecular weight is 552 g/mol. The SMILES string of the molecule is Cc1ccc(NC(=O)/C(C#N)=C\c2cc(C)n(-c3ccc(Oc4ccc([N+](=O)[O-])cc4[N+](=O)[O-])cc3)c2C)c(C)c1. The topological polar surface area (TPSA) is 153 Å². The zero-order valence-corrected chi connectivity index (χ0v) is 22.7. The Morgan fingerprint density at radius 1 is 0.951 bits per heavy atom. The highest BCUT2D eigenvalue weighted by Crippen LogP contribution is 2.35. The van der Waals surface area contributed by atoms with Gasteiger partial charge in [0, 0.05) is 28.8 Å². The van der Waals surface area contributed by atoms with Gasteiger partial charge in [-0.25, -0.2) is 0 Å². The summed E-state index contributed by atoms with van der Waals surface area (Å²) in [5.41, 5.74) is 4.69. The predicted molar refractivity (Wildman–Crippen MR) is 153 cm³/mol. The van der Waals surface area contributed by atoms with Crippen molar-refractivity contribution in [1.29, 1.82) is 5.26 Å². The van der Waals surface area contributed by atoms with Crippen molar-refractivity contribution in [2.24, 2.45) is 0 Å². The molecule has 0 aliphatic rings. The van der Waals surface area contributed by atoms with Gasteiger partial charge in [0.1, 0.15) is 17.4 Å². The smallest absolute Gasteiger partial charge is 0.318 e. The molecule has 1 heterocycles. The second-order valence-electron chi connectivity index (χ2n) is 9.37. The molecule has 0 radical (unpaired) electrons. The number of nitro groups is 2. The van der Waals surface area contributed by atoms with Crippen molar-refractivity contribution in [2.45, 2.75) is 27.7 Å². The molecule has 4 rings (SSSR count). The van der Waals surface area contributed by atoms with Crippen LogP contribution in [0.4, 0.5) is 17.1 Å². The standard InChI is InChI=1S/C30H25N5O6/c1-18-5-11-27(19(2)13-18)32-30(36)23(17-31)15-22-14-20(3)33(21(22)4)24-6-9-26(10-7-24)41-29-12-8-25(34(37)38)16-28(29)35(39)40/h5-16H,1-4H3,(H,32,36)/b23-15-. The lowest BCUT2D eigenvalue weighted by Gasteiger charge is -2.12. The summed E-state index contributed by atoms with van der Waals surface area (Å²) in [6, 6.07) is 19.4. The number of nitriles is 1. The van der Waals surface area contributed by atoms with E-state index < -0.39 is 27.1 Å². The number of nitro benzene ring substituents is 2. The molecule has 1 N–H and O–H groups in total. The van der Waals surface area contributed by atoms with E-state index in [1.165, 1.54) is 6.07 Å². The van der Waals surface area contributed by atoms with Crippen LogP contribution in [0.1, 0.15) is 28.1 Å². The molecule has 11 nitrogen and oxygen atoms in total. The number of carbonyl (C=O) groups excluding carboxylic acids is 1.